The highest BCUT2D eigenvalue weighted by atomic mass is 19.1. The van der Waals surface area contributed by atoms with Crippen molar-refractivity contribution in [3.8, 4) is 11.1 Å². The molecule has 1 aliphatic carbocycles. The predicted octanol–water partition coefficient (Wildman–Crippen LogP) is 3.87. The van der Waals surface area contributed by atoms with Crippen molar-refractivity contribution in [2.75, 3.05) is 6.54 Å². The Balaban J connectivity index is 2.00. The van der Waals surface area contributed by atoms with Gasteiger partial charge in [-0.3, -0.25) is 4.98 Å². The summed E-state index contributed by atoms with van der Waals surface area (Å²) < 4.78 is 14.0. The van der Waals surface area contributed by atoms with Crippen molar-refractivity contribution >= 4 is 0 Å². The van der Waals surface area contributed by atoms with Gasteiger partial charge in [0, 0.05) is 17.8 Å². The van der Waals surface area contributed by atoms with Crippen LogP contribution in [-0.4, -0.2) is 11.5 Å². The second-order valence-electron chi connectivity index (χ2n) is 5.27. The van der Waals surface area contributed by atoms with Gasteiger partial charge in [0.25, 0.3) is 0 Å². The molecule has 0 bridgehead atoms. The highest BCUT2D eigenvalue weighted by Gasteiger charge is 2.24. The van der Waals surface area contributed by atoms with Crippen LogP contribution in [-0.2, 0) is 6.42 Å². The minimum Gasteiger partial charge on any atom is -0.310 e. The monoisotopic (exact) mass is 270 g/mol. The van der Waals surface area contributed by atoms with Crippen LogP contribution in [0, 0.1) is 5.82 Å². The number of benzene rings is 1. The zero-order valence-electron chi connectivity index (χ0n) is 11.7. The Hall–Kier alpha value is -1.74. The second kappa shape index (κ2) is 5.71. The molecule has 1 aromatic carbocycles. The van der Waals surface area contributed by atoms with Crippen LogP contribution in [0.2, 0.25) is 0 Å². The van der Waals surface area contributed by atoms with Crippen LogP contribution in [0.4, 0.5) is 4.39 Å². The maximum absolute atomic E-state index is 14.0. The molecule has 1 unspecified atom stereocenters. The molecular weight excluding hydrogens is 251 g/mol. The average Bonchev–Trinajstić information content (AvgIpc) is 2.89. The summed E-state index contributed by atoms with van der Waals surface area (Å²) in [6.45, 7) is 3.20. The molecule has 0 saturated heterocycles. The van der Waals surface area contributed by atoms with Crippen LogP contribution in [0.1, 0.15) is 36.9 Å². The zero-order chi connectivity index (χ0) is 13.9. The number of hydrogen-bond donors (Lipinski definition) is 1. The molecule has 0 fully saturated rings. The number of nitrogens with one attached hydrogen (secondary N) is 1. The molecule has 0 spiro atoms. The first kappa shape index (κ1) is 13.3. The molecule has 2 nitrogen and oxygen atoms in total. The highest BCUT2D eigenvalue weighted by molar-refractivity contribution is 5.70. The first-order chi connectivity index (χ1) is 9.81. The molecule has 104 valence electrons. The van der Waals surface area contributed by atoms with Gasteiger partial charge in [0.1, 0.15) is 5.82 Å². The third-order valence-electron chi connectivity index (χ3n) is 3.97. The fourth-order valence-electron chi connectivity index (χ4n) is 3.03. The van der Waals surface area contributed by atoms with Gasteiger partial charge in [0.2, 0.25) is 0 Å². The van der Waals surface area contributed by atoms with Crippen molar-refractivity contribution < 1.29 is 4.39 Å². The molecule has 20 heavy (non-hydrogen) atoms. The Labute approximate surface area is 119 Å². The minimum absolute atomic E-state index is 0.245. The Morgan fingerprint density at radius 1 is 1.30 bits per heavy atom. The Kier molecular flexibility index (Phi) is 3.79. The third-order valence-corrected chi connectivity index (χ3v) is 3.97. The third kappa shape index (κ3) is 2.34. The highest BCUT2D eigenvalue weighted by Crippen LogP contribution is 2.38. The van der Waals surface area contributed by atoms with Crippen molar-refractivity contribution in [3.05, 3.63) is 53.6 Å². The molecule has 2 aromatic rings. The van der Waals surface area contributed by atoms with E-state index in [0.717, 1.165) is 31.4 Å². The lowest BCUT2D eigenvalue weighted by Gasteiger charge is -2.14. The van der Waals surface area contributed by atoms with Gasteiger partial charge in [0.05, 0.1) is 6.20 Å². The maximum atomic E-state index is 14.0. The maximum Gasteiger partial charge on any atom is 0.149 e. The normalized spacial score (nSPS) is 17.2. The van der Waals surface area contributed by atoms with E-state index in [0.29, 0.717) is 11.6 Å². The van der Waals surface area contributed by atoms with Crippen molar-refractivity contribution in [2.24, 2.45) is 0 Å². The number of nitrogens with zero attached hydrogens (tertiary/aromatic N) is 1. The molecule has 1 aliphatic rings. The summed E-state index contributed by atoms with van der Waals surface area (Å²) in [7, 11) is 0. The van der Waals surface area contributed by atoms with Crippen molar-refractivity contribution in [1.29, 1.82) is 0 Å². The number of rotatable bonds is 4. The van der Waals surface area contributed by atoms with Crippen LogP contribution in [0.5, 0.6) is 0 Å². The molecule has 0 amide bonds. The summed E-state index contributed by atoms with van der Waals surface area (Å²) in [5.41, 5.74) is 4.29. The fourth-order valence-corrected chi connectivity index (χ4v) is 3.03. The van der Waals surface area contributed by atoms with E-state index in [9.17, 15) is 4.39 Å². The Bertz CT molecular complexity index is 610. The predicted molar refractivity (Wildman–Crippen MR) is 79.0 cm³/mol. The van der Waals surface area contributed by atoms with E-state index in [-0.39, 0.29) is 5.82 Å². The zero-order valence-corrected chi connectivity index (χ0v) is 11.7. The van der Waals surface area contributed by atoms with E-state index >= 15 is 0 Å². The summed E-state index contributed by atoms with van der Waals surface area (Å²) in [5, 5.41) is 3.57. The molecule has 1 heterocycles. The van der Waals surface area contributed by atoms with Crippen LogP contribution in [0.15, 0.2) is 36.7 Å². The lowest BCUT2D eigenvalue weighted by molar-refractivity contribution is 0.529. The molecule has 3 heteroatoms. The van der Waals surface area contributed by atoms with E-state index in [1.165, 1.54) is 17.3 Å². The lowest BCUT2D eigenvalue weighted by Crippen LogP contribution is -2.19. The number of pyridine rings is 1. The first-order valence-electron chi connectivity index (χ1n) is 7.26. The first-order valence-corrected chi connectivity index (χ1v) is 7.26. The number of halogens is 1. The van der Waals surface area contributed by atoms with Gasteiger partial charge in [-0.25, -0.2) is 4.39 Å². The number of fused-ring (bicyclic) bond motifs is 1. The second-order valence-corrected chi connectivity index (χ2v) is 5.27. The summed E-state index contributed by atoms with van der Waals surface area (Å²) in [6.07, 6.45) is 6.17. The molecule has 1 N–H and O–H groups in total. The van der Waals surface area contributed by atoms with Gasteiger partial charge >= 0.3 is 0 Å². The standard InChI is InChI=1S/C17H19FN2/c1-2-9-20-17-7-6-13-12(4-3-5-15(13)17)14-8-10-19-11-16(14)18/h3-5,8,10-11,17,20H,2,6-7,9H2,1H3. The van der Waals surface area contributed by atoms with Crippen molar-refractivity contribution in [3.63, 3.8) is 0 Å². The van der Waals surface area contributed by atoms with Crippen molar-refractivity contribution in [1.82, 2.24) is 10.3 Å². The van der Waals surface area contributed by atoms with E-state index < -0.39 is 0 Å². The molecule has 1 atom stereocenters. The SMILES string of the molecule is CCCNC1CCc2c(-c3ccncc3F)cccc21. The smallest absolute Gasteiger partial charge is 0.149 e. The molecule has 0 aliphatic heterocycles. The van der Waals surface area contributed by atoms with Gasteiger partial charge in [-0.1, -0.05) is 25.1 Å². The topological polar surface area (TPSA) is 24.9 Å². The van der Waals surface area contributed by atoms with Gasteiger partial charge < -0.3 is 5.32 Å². The molecule has 0 radical (unpaired) electrons. The summed E-state index contributed by atoms with van der Waals surface area (Å²) in [5.74, 6) is -0.245. The van der Waals surface area contributed by atoms with Crippen LogP contribution >= 0.6 is 0 Å². The van der Waals surface area contributed by atoms with E-state index in [1.54, 1.807) is 12.3 Å². The van der Waals surface area contributed by atoms with Crippen LogP contribution in [0.25, 0.3) is 11.1 Å². The number of hydrogen-bond acceptors (Lipinski definition) is 2. The quantitative estimate of drug-likeness (QED) is 0.912. The average molecular weight is 270 g/mol. The summed E-state index contributed by atoms with van der Waals surface area (Å²) >= 11 is 0. The van der Waals surface area contributed by atoms with E-state index in [2.05, 4.69) is 23.3 Å². The Morgan fingerprint density at radius 3 is 3.00 bits per heavy atom. The van der Waals surface area contributed by atoms with Crippen molar-refractivity contribution in [2.45, 2.75) is 32.2 Å². The molecule has 0 saturated carbocycles. The van der Waals surface area contributed by atoms with Gasteiger partial charge in [-0.15, -0.1) is 0 Å². The Morgan fingerprint density at radius 2 is 2.20 bits per heavy atom. The minimum atomic E-state index is -0.245. The van der Waals surface area contributed by atoms with Gasteiger partial charge in [0.15, 0.2) is 0 Å². The fraction of sp³-hybridized carbons (Fsp3) is 0.353. The summed E-state index contributed by atoms with van der Waals surface area (Å²) in [6, 6.07) is 8.38. The molecular formula is C17H19FN2. The van der Waals surface area contributed by atoms with Gasteiger partial charge in [-0.2, -0.15) is 0 Å². The van der Waals surface area contributed by atoms with Gasteiger partial charge in [-0.05, 0) is 48.6 Å². The lowest BCUT2D eigenvalue weighted by atomic mass is 9.97. The van der Waals surface area contributed by atoms with Crippen LogP contribution < -0.4 is 5.32 Å². The van der Waals surface area contributed by atoms with Crippen LogP contribution in [0.3, 0.4) is 0 Å². The molecule has 3 rings (SSSR count). The largest absolute Gasteiger partial charge is 0.310 e. The number of aromatic nitrogens is 1. The molecule has 1 aromatic heterocycles. The van der Waals surface area contributed by atoms with E-state index in [4.69, 9.17) is 0 Å². The van der Waals surface area contributed by atoms with E-state index in [1.807, 2.05) is 12.1 Å². The summed E-state index contributed by atoms with van der Waals surface area (Å²) in [4.78, 5) is 3.83.